The highest BCUT2D eigenvalue weighted by molar-refractivity contribution is 5.67. The van der Waals surface area contributed by atoms with E-state index < -0.39 is 6.09 Å². The number of aryl methyl sites for hydroxylation is 1. The van der Waals surface area contributed by atoms with Crippen LogP contribution in [0.1, 0.15) is 28.1 Å². The van der Waals surface area contributed by atoms with E-state index in [1.807, 2.05) is 27.9 Å². The molecule has 1 amide bonds. The SMILES string of the molecule is Cc1nc(CN(C)C)c2c(c1C)CN(C(=O)O)C2. The Bertz CT molecular complexity index is 497. The van der Waals surface area contributed by atoms with Crippen molar-refractivity contribution in [1.82, 2.24) is 14.8 Å². The molecule has 0 fully saturated rings. The van der Waals surface area contributed by atoms with Gasteiger partial charge in [-0.3, -0.25) is 9.88 Å². The van der Waals surface area contributed by atoms with E-state index in [1.54, 1.807) is 0 Å². The van der Waals surface area contributed by atoms with Crippen molar-refractivity contribution in [2.75, 3.05) is 14.1 Å². The molecule has 0 bridgehead atoms. The molecule has 1 N–H and O–H groups in total. The molecular formula is C13H19N3O2. The quantitative estimate of drug-likeness (QED) is 0.867. The summed E-state index contributed by atoms with van der Waals surface area (Å²) < 4.78 is 0. The molecular weight excluding hydrogens is 230 g/mol. The molecule has 0 saturated heterocycles. The van der Waals surface area contributed by atoms with Crippen molar-refractivity contribution in [2.24, 2.45) is 0 Å². The molecule has 0 spiro atoms. The van der Waals surface area contributed by atoms with Crippen LogP contribution >= 0.6 is 0 Å². The molecule has 2 heterocycles. The van der Waals surface area contributed by atoms with Gasteiger partial charge >= 0.3 is 6.09 Å². The molecule has 0 unspecified atom stereocenters. The molecule has 1 aromatic heterocycles. The third kappa shape index (κ3) is 2.18. The predicted molar refractivity (Wildman–Crippen MR) is 68.4 cm³/mol. The number of carbonyl (C=O) groups is 1. The summed E-state index contributed by atoms with van der Waals surface area (Å²) in [6.07, 6.45) is -0.862. The Labute approximate surface area is 107 Å². The number of rotatable bonds is 2. The minimum atomic E-state index is -0.862. The first kappa shape index (κ1) is 12.8. The number of nitrogens with zero attached hydrogens (tertiary/aromatic N) is 3. The summed E-state index contributed by atoms with van der Waals surface area (Å²) >= 11 is 0. The van der Waals surface area contributed by atoms with Gasteiger partial charge in [-0.2, -0.15) is 0 Å². The van der Waals surface area contributed by atoms with Crippen LogP contribution in [0.5, 0.6) is 0 Å². The number of aromatic nitrogens is 1. The molecule has 0 atom stereocenters. The van der Waals surface area contributed by atoms with E-state index in [2.05, 4.69) is 9.88 Å². The fourth-order valence-electron chi connectivity index (χ4n) is 2.38. The highest BCUT2D eigenvalue weighted by Crippen LogP contribution is 2.29. The van der Waals surface area contributed by atoms with E-state index in [4.69, 9.17) is 5.11 Å². The highest BCUT2D eigenvalue weighted by Gasteiger charge is 2.28. The lowest BCUT2D eigenvalue weighted by Gasteiger charge is -2.15. The maximum absolute atomic E-state index is 11.1. The number of amides is 1. The largest absolute Gasteiger partial charge is 0.465 e. The normalized spacial score (nSPS) is 14.2. The van der Waals surface area contributed by atoms with Crippen molar-refractivity contribution >= 4 is 6.09 Å². The molecule has 1 aliphatic rings. The van der Waals surface area contributed by atoms with Crippen LogP contribution in [0.3, 0.4) is 0 Å². The van der Waals surface area contributed by atoms with Crippen LogP contribution in [-0.4, -0.2) is 40.1 Å². The smallest absolute Gasteiger partial charge is 0.407 e. The Hall–Kier alpha value is -1.62. The van der Waals surface area contributed by atoms with Crippen molar-refractivity contribution in [3.05, 3.63) is 28.1 Å². The first-order valence-corrected chi connectivity index (χ1v) is 6.00. The van der Waals surface area contributed by atoms with E-state index >= 15 is 0 Å². The second-order valence-electron chi connectivity index (χ2n) is 5.10. The Kier molecular flexibility index (Phi) is 3.26. The first-order chi connectivity index (χ1) is 8.40. The summed E-state index contributed by atoms with van der Waals surface area (Å²) in [6, 6.07) is 0. The third-order valence-electron chi connectivity index (χ3n) is 3.45. The lowest BCUT2D eigenvalue weighted by atomic mass is 10.0. The van der Waals surface area contributed by atoms with Crippen LogP contribution in [0.2, 0.25) is 0 Å². The van der Waals surface area contributed by atoms with E-state index in [9.17, 15) is 4.79 Å². The van der Waals surface area contributed by atoms with Gasteiger partial charge in [-0.1, -0.05) is 0 Å². The maximum atomic E-state index is 11.1. The zero-order valence-electron chi connectivity index (χ0n) is 11.3. The van der Waals surface area contributed by atoms with Crippen molar-refractivity contribution < 1.29 is 9.90 Å². The monoisotopic (exact) mass is 249 g/mol. The minimum Gasteiger partial charge on any atom is -0.465 e. The van der Waals surface area contributed by atoms with Crippen LogP contribution in [-0.2, 0) is 19.6 Å². The van der Waals surface area contributed by atoms with Crippen LogP contribution in [0.25, 0.3) is 0 Å². The van der Waals surface area contributed by atoms with Crippen molar-refractivity contribution in [3.8, 4) is 0 Å². The van der Waals surface area contributed by atoms with E-state index in [-0.39, 0.29) is 0 Å². The van der Waals surface area contributed by atoms with Gasteiger partial charge in [0.1, 0.15) is 0 Å². The van der Waals surface area contributed by atoms with Gasteiger partial charge in [0.15, 0.2) is 0 Å². The summed E-state index contributed by atoms with van der Waals surface area (Å²) in [7, 11) is 3.99. The van der Waals surface area contributed by atoms with Gasteiger partial charge in [0.2, 0.25) is 0 Å². The Morgan fingerprint density at radius 2 is 1.94 bits per heavy atom. The molecule has 1 aromatic rings. The molecule has 0 aromatic carbocycles. The second kappa shape index (κ2) is 4.57. The van der Waals surface area contributed by atoms with E-state index in [0.29, 0.717) is 13.1 Å². The Morgan fingerprint density at radius 3 is 2.50 bits per heavy atom. The van der Waals surface area contributed by atoms with Gasteiger partial charge in [0, 0.05) is 12.2 Å². The molecule has 98 valence electrons. The van der Waals surface area contributed by atoms with Gasteiger partial charge in [-0.25, -0.2) is 4.79 Å². The number of fused-ring (bicyclic) bond motifs is 1. The van der Waals surface area contributed by atoms with Gasteiger partial charge in [-0.05, 0) is 44.6 Å². The zero-order chi connectivity index (χ0) is 13.4. The summed E-state index contributed by atoms with van der Waals surface area (Å²) in [5.74, 6) is 0. The molecule has 0 saturated carbocycles. The molecule has 2 rings (SSSR count). The fourth-order valence-corrected chi connectivity index (χ4v) is 2.38. The first-order valence-electron chi connectivity index (χ1n) is 6.00. The number of pyridine rings is 1. The standard InChI is InChI=1S/C13H19N3O2/c1-8-9(2)14-12(7-15(3)4)11-6-16(13(17)18)5-10(8)11/h5-7H2,1-4H3,(H,17,18). The summed E-state index contributed by atoms with van der Waals surface area (Å²) in [5, 5.41) is 9.11. The van der Waals surface area contributed by atoms with E-state index in [0.717, 1.165) is 34.6 Å². The Balaban J connectivity index is 2.45. The van der Waals surface area contributed by atoms with E-state index in [1.165, 1.54) is 4.90 Å². The maximum Gasteiger partial charge on any atom is 0.407 e. The fraction of sp³-hybridized carbons (Fsp3) is 0.538. The minimum absolute atomic E-state index is 0.460. The molecule has 0 aliphatic carbocycles. The Morgan fingerprint density at radius 1 is 1.33 bits per heavy atom. The third-order valence-corrected chi connectivity index (χ3v) is 3.45. The lowest BCUT2D eigenvalue weighted by Crippen LogP contribution is -2.23. The predicted octanol–water partition coefficient (Wildman–Crippen LogP) is 1.75. The number of carboxylic acid groups (broad SMARTS) is 1. The molecule has 5 nitrogen and oxygen atoms in total. The molecule has 1 aliphatic heterocycles. The summed E-state index contributed by atoms with van der Waals surface area (Å²) in [5.41, 5.74) is 5.35. The second-order valence-corrected chi connectivity index (χ2v) is 5.10. The van der Waals surface area contributed by atoms with Crippen LogP contribution in [0.4, 0.5) is 4.79 Å². The summed E-state index contributed by atoms with van der Waals surface area (Å²) in [6.45, 7) is 5.70. The number of hydrogen-bond acceptors (Lipinski definition) is 3. The molecule has 5 heteroatoms. The zero-order valence-corrected chi connectivity index (χ0v) is 11.3. The highest BCUT2D eigenvalue weighted by atomic mass is 16.4. The van der Waals surface area contributed by atoms with Crippen LogP contribution in [0, 0.1) is 13.8 Å². The van der Waals surface area contributed by atoms with Crippen LogP contribution in [0.15, 0.2) is 0 Å². The van der Waals surface area contributed by atoms with Gasteiger partial charge < -0.3 is 10.0 Å². The van der Waals surface area contributed by atoms with Gasteiger partial charge in [0.25, 0.3) is 0 Å². The van der Waals surface area contributed by atoms with Gasteiger partial charge in [0.05, 0.1) is 18.8 Å². The average molecular weight is 249 g/mol. The van der Waals surface area contributed by atoms with Crippen molar-refractivity contribution in [1.29, 1.82) is 0 Å². The van der Waals surface area contributed by atoms with Crippen molar-refractivity contribution in [3.63, 3.8) is 0 Å². The summed E-state index contributed by atoms with van der Waals surface area (Å²) in [4.78, 5) is 19.2. The number of hydrogen-bond donors (Lipinski definition) is 1. The average Bonchev–Trinajstić information content (AvgIpc) is 2.70. The lowest BCUT2D eigenvalue weighted by molar-refractivity contribution is 0.145. The topological polar surface area (TPSA) is 56.7 Å². The molecule has 18 heavy (non-hydrogen) atoms. The van der Waals surface area contributed by atoms with Gasteiger partial charge in [-0.15, -0.1) is 0 Å². The van der Waals surface area contributed by atoms with Crippen molar-refractivity contribution in [2.45, 2.75) is 33.5 Å². The molecule has 0 radical (unpaired) electrons. The van der Waals surface area contributed by atoms with Crippen LogP contribution < -0.4 is 0 Å².